The van der Waals surface area contributed by atoms with Gasteiger partial charge in [0.25, 0.3) is 0 Å². The van der Waals surface area contributed by atoms with Crippen molar-refractivity contribution in [3.8, 4) is 0 Å². The summed E-state index contributed by atoms with van der Waals surface area (Å²) >= 11 is 0. The molecule has 50 valence electrons. The van der Waals surface area contributed by atoms with Crippen molar-refractivity contribution in [1.82, 2.24) is 0 Å². The van der Waals surface area contributed by atoms with Gasteiger partial charge in [-0.2, -0.15) is 0 Å². The van der Waals surface area contributed by atoms with Crippen LogP contribution in [0.1, 0.15) is 0 Å². The molecule has 0 heterocycles. The van der Waals surface area contributed by atoms with Crippen LogP contribution in [0.3, 0.4) is 0 Å². The molecule has 0 aliphatic heterocycles. The van der Waals surface area contributed by atoms with Crippen LogP contribution in [0.15, 0.2) is 24.3 Å². The van der Waals surface area contributed by atoms with Crippen LogP contribution in [-0.4, -0.2) is 0 Å². The second-order valence-corrected chi connectivity index (χ2v) is 1.67. The smallest absolute Gasteiger partial charge is 0.0315 e. The molecule has 0 atom stereocenters. The van der Waals surface area contributed by atoms with Crippen molar-refractivity contribution in [2.75, 3.05) is 11.5 Å². The molecule has 2 nitrogen and oxygen atoms in total. The molecule has 0 aliphatic carbocycles. The van der Waals surface area contributed by atoms with Gasteiger partial charge >= 0.3 is 0 Å². The molecular weight excluding hydrogens is 227 g/mol. The number of hydrogen-bond acceptors (Lipinski definition) is 2. The third kappa shape index (κ3) is 2.55. The largest absolute Gasteiger partial charge is 0.399 e. The molecule has 0 radical (unpaired) electrons. The Morgan fingerprint density at radius 3 is 1.22 bits per heavy atom. The van der Waals surface area contributed by atoms with Crippen LogP contribution >= 0.6 is 24.0 Å². The predicted octanol–water partition coefficient (Wildman–Crippen LogP) is 1.47. The highest BCUT2D eigenvalue weighted by molar-refractivity contribution is 14.0. The molecule has 9 heavy (non-hydrogen) atoms. The van der Waals surface area contributed by atoms with Gasteiger partial charge in [0, 0.05) is 11.4 Å². The number of hydrogen-bond donors (Lipinski definition) is 2. The molecule has 0 bridgehead atoms. The number of rotatable bonds is 0. The van der Waals surface area contributed by atoms with Gasteiger partial charge in [0.1, 0.15) is 0 Å². The second kappa shape index (κ2) is 3.55. The van der Waals surface area contributed by atoms with Crippen molar-refractivity contribution in [2.45, 2.75) is 0 Å². The van der Waals surface area contributed by atoms with E-state index < -0.39 is 0 Å². The number of benzene rings is 1. The van der Waals surface area contributed by atoms with Gasteiger partial charge in [0.2, 0.25) is 0 Å². The van der Waals surface area contributed by atoms with Gasteiger partial charge in [0.05, 0.1) is 0 Å². The fourth-order valence-corrected chi connectivity index (χ4v) is 0.496. The fraction of sp³-hybridized carbons (Fsp3) is 0. The average Bonchev–Trinajstić information content (AvgIpc) is 1.77. The van der Waals surface area contributed by atoms with Crippen LogP contribution in [0.2, 0.25) is 0 Å². The lowest BCUT2D eigenvalue weighted by Gasteiger charge is -1.90. The van der Waals surface area contributed by atoms with E-state index in [4.69, 9.17) is 11.5 Å². The summed E-state index contributed by atoms with van der Waals surface area (Å²) in [5.74, 6) is 0. The molecule has 0 aromatic heterocycles. The van der Waals surface area contributed by atoms with Crippen molar-refractivity contribution in [3.05, 3.63) is 24.3 Å². The summed E-state index contributed by atoms with van der Waals surface area (Å²) in [5, 5.41) is 0. The maximum atomic E-state index is 5.37. The number of anilines is 2. The minimum absolute atomic E-state index is 0. The van der Waals surface area contributed by atoms with Crippen LogP contribution in [0, 0.1) is 0 Å². The van der Waals surface area contributed by atoms with Crippen LogP contribution in [0.25, 0.3) is 0 Å². The van der Waals surface area contributed by atoms with Crippen molar-refractivity contribution in [1.29, 1.82) is 0 Å². The first-order chi connectivity index (χ1) is 3.79. The van der Waals surface area contributed by atoms with Gasteiger partial charge in [-0.1, -0.05) is 0 Å². The SMILES string of the molecule is I.Nc1ccc(N)cc1. The van der Waals surface area contributed by atoms with E-state index >= 15 is 0 Å². The predicted molar refractivity (Wildman–Crippen MR) is 50.7 cm³/mol. The molecule has 1 rings (SSSR count). The van der Waals surface area contributed by atoms with E-state index in [0.717, 1.165) is 11.4 Å². The quantitative estimate of drug-likeness (QED) is 0.529. The van der Waals surface area contributed by atoms with Gasteiger partial charge in [-0.05, 0) is 24.3 Å². The highest BCUT2D eigenvalue weighted by atomic mass is 127. The lowest BCUT2D eigenvalue weighted by Crippen LogP contribution is -1.86. The lowest BCUT2D eigenvalue weighted by molar-refractivity contribution is 1.67. The number of nitrogens with two attached hydrogens (primary N) is 2. The molecule has 0 unspecified atom stereocenters. The Morgan fingerprint density at radius 2 is 1.00 bits per heavy atom. The van der Waals surface area contributed by atoms with Crippen LogP contribution in [0.5, 0.6) is 0 Å². The van der Waals surface area contributed by atoms with Gasteiger partial charge < -0.3 is 11.5 Å². The zero-order valence-corrected chi connectivity index (χ0v) is 7.20. The third-order valence-corrected chi connectivity index (χ3v) is 0.936. The third-order valence-electron chi connectivity index (χ3n) is 0.936. The van der Waals surface area contributed by atoms with Crippen molar-refractivity contribution in [3.63, 3.8) is 0 Å². The summed E-state index contributed by atoms with van der Waals surface area (Å²) in [6.07, 6.45) is 0. The Kier molecular flexibility index (Phi) is 3.37. The van der Waals surface area contributed by atoms with E-state index in [1.807, 2.05) is 0 Å². The molecule has 0 fully saturated rings. The molecule has 0 amide bonds. The summed E-state index contributed by atoms with van der Waals surface area (Å²) in [7, 11) is 0. The Morgan fingerprint density at radius 1 is 0.778 bits per heavy atom. The summed E-state index contributed by atoms with van der Waals surface area (Å²) in [6.45, 7) is 0. The highest BCUT2D eigenvalue weighted by Crippen LogP contribution is 2.04. The summed E-state index contributed by atoms with van der Waals surface area (Å²) in [5.41, 5.74) is 12.2. The Hall–Kier alpha value is -0.450. The van der Waals surface area contributed by atoms with Crippen molar-refractivity contribution >= 4 is 35.4 Å². The molecule has 4 N–H and O–H groups in total. The first kappa shape index (κ1) is 8.55. The summed E-state index contributed by atoms with van der Waals surface area (Å²) in [4.78, 5) is 0. The van der Waals surface area contributed by atoms with Gasteiger partial charge in [-0.3, -0.25) is 0 Å². The molecule has 0 saturated heterocycles. The van der Waals surface area contributed by atoms with Crippen molar-refractivity contribution < 1.29 is 0 Å². The molecule has 0 aliphatic rings. The fourth-order valence-electron chi connectivity index (χ4n) is 0.496. The standard InChI is InChI=1S/C6H8N2.HI/c7-5-1-2-6(8)4-3-5;/h1-4H,7-8H2;1H. The minimum atomic E-state index is 0. The molecule has 1 aromatic carbocycles. The Labute approximate surface area is 71.3 Å². The maximum absolute atomic E-state index is 5.37. The van der Waals surface area contributed by atoms with E-state index in [-0.39, 0.29) is 24.0 Å². The summed E-state index contributed by atoms with van der Waals surface area (Å²) in [6, 6.07) is 7.09. The first-order valence-electron chi connectivity index (χ1n) is 2.40. The van der Waals surface area contributed by atoms with Crippen LogP contribution in [0.4, 0.5) is 11.4 Å². The Balaban J connectivity index is 0.000000640. The van der Waals surface area contributed by atoms with Gasteiger partial charge in [0.15, 0.2) is 0 Å². The van der Waals surface area contributed by atoms with Gasteiger partial charge in [-0.15, -0.1) is 24.0 Å². The number of halogens is 1. The maximum Gasteiger partial charge on any atom is 0.0315 e. The molecule has 0 spiro atoms. The first-order valence-corrected chi connectivity index (χ1v) is 2.40. The molecule has 1 aromatic rings. The van der Waals surface area contributed by atoms with Crippen LogP contribution in [-0.2, 0) is 0 Å². The lowest BCUT2D eigenvalue weighted by atomic mass is 10.3. The van der Waals surface area contributed by atoms with E-state index in [1.165, 1.54) is 0 Å². The van der Waals surface area contributed by atoms with Crippen molar-refractivity contribution in [2.24, 2.45) is 0 Å². The highest BCUT2D eigenvalue weighted by Gasteiger charge is 1.80. The zero-order chi connectivity index (χ0) is 5.98. The molecule has 3 heteroatoms. The topological polar surface area (TPSA) is 52.0 Å². The zero-order valence-electron chi connectivity index (χ0n) is 4.87. The molecular formula is C6H9IN2. The monoisotopic (exact) mass is 236 g/mol. The molecule has 0 saturated carbocycles. The minimum Gasteiger partial charge on any atom is -0.399 e. The van der Waals surface area contributed by atoms with Gasteiger partial charge in [-0.25, -0.2) is 0 Å². The van der Waals surface area contributed by atoms with Crippen LogP contribution < -0.4 is 11.5 Å². The Bertz CT molecular complexity index is 150. The van der Waals surface area contributed by atoms with E-state index in [9.17, 15) is 0 Å². The van der Waals surface area contributed by atoms with E-state index in [1.54, 1.807) is 24.3 Å². The summed E-state index contributed by atoms with van der Waals surface area (Å²) < 4.78 is 0. The normalized spacial score (nSPS) is 8.00. The average molecular weight is 236 g/mol. The van der Waals surface area contributed by atoms with E-state index in [2.05, 4.69) is 0 Å². The van der Waals surface area contributed by atoms with E-state index in [0.29, 0.717) is 0 Å². The second-order valence-electron chi connectivity index (χ2n) is 1.67. The number of nitrogen functional groups attached to an aromatic ring is 2.